The third-order valence-corrected chi connectivity index (χ3v) is 2.96. The second-order valence-electron chi connectivity index (χ2n) is 4.63. The maximum absolute atomic E-state index is 5.76. The molecule has 0 bridgehead atoms. The molecule has 0 unspecified atom stereocenters. The summed E-state index contributed by atoms with van der Waals surface area (Å²) in [5, 5.41) is 0. The number of rotatable bonds is 4. The molecule has 2 heteroatoms. The highest BCUT2D eigenvalue weighted by molar-refractivity contribution is 5.38. The fraction of sp³-hybridized carbons (Fsp3) is 0. The van der Waals surface area contributed by atoms with Crippen LogP contribution in [0.4, 0.5) is 0 Å². The summed E-state index contributed by atoms with van der Waals surface area (Å²) in [6.07, 6.45) is 0. The van der Waals surface area contributed by atoms with Gasteiger partial charge in [0.15, 0.2) is 0 Å². The van der Waals surface area contributed by atoms with Crippen LogP contribution >= 0.6 is 0 Å². The van der Waals surface area contributed by atoms with Gasteiger partial charge in [0.05, 0.1) is 0 Å². The number of para-hydroxylation sites is 1. The second kappa shape index (κ2) is 6.14. The van der Waals surface area contributed by atoms with Gasteiger partial charge in [0, 0.05) is 0 Å². The minimum Gasteiger partial charge on any atom is -0.457 e. The van der Waals surface area contributed by atoms with Crippen LogP contribution in [-0.4, -0.2) is 0 Å². The zero-order chi connectivity index (χ0) is 14.5. The van der Waals surface area contributed by atoms with Gasteiger partial charge in [-0.25, -0.2) is 0 Å². The molecule has 0 saturated carbocycles. The van der Waals surface area contributed by atoms with Crippen LogP contribution in [-0.2, 0) is 0 Å². The summed E-state index contributed by atoms with van der Waals surface area (Å²) < 4.78 is 11.5. The van der Waals surface area contributed by atoms with E-state index in [1.54, 1.807) is 0 Å². The average Bonchev–Trinajstić information content (AvgIpc) is 2.53. The van der Waals surface area contributed by atoms with Crippen molar-refractivity contribution in [2.24, 2.45) is 0 Å². The first-order valence-electron chi connectivity index (χ1n) is 6.72. The lowest BCUT2D eigenvalue weighted by Gasteiger charge is -2.08. The van der Waals surface area contributed by atoms with E-state index >= 15 is 0 Å². The lowest BCUT2D eigenvalue weighted by atomic mass is 10.2. The molecule has 0 fully saturated rings. The van der Waals surface area contributed by atoms with Gasteiger partial charge in [-0.05, 0) is 61.0 Å². The van der Waals surface area contributed by atoms with E-state index in [1.165, 1.54) is 0 Å². The highest BCUT2D eigenvalue weighted by Gasteiger charge is 2.00. The molecule has 0 aromatic heterocycles. The van der Waals surface area contributed by atoms with Gasteiger partial charge >= 0.3 is 0 Å². The Balaban J connectivity index is 1.68. The predicted molar refractivity (Wildman–Crippen MR) is 83.9 cm³/mol. The Bertz CT molecular complexity index is 686. The van der Waals surface area contributed by atoms with Crippen molar-refractivity contribution in [3.05, 3.63) is 91.3 Å². The summed E-state index contributed by atoms with van der Waals surface area (Å²) in [7, 11) is 0. The van der Waals surface area contributed by atoms with Crippen LogP contribution in [0.2, 0.25) is 0 Å². The van der Waals surface area contributed by atoms with Gasteiger partial charge in [0.1, 0.15) is 23.0 Å². The normalized spacial score (nSPS) is 10.1. The molecule has 0 saturated heterocycles. The summed E-state index contributed by atoms with van der Waals surface area (Å²) in [5.74, 6) is 3.16. The lowest BCUT2D eigenvalue weighted by molar-refractivity contribution is 0.469. The van der Waals surface area contributed by atoms with E-state index in [1.807, 2.05) is 78.9 Å². The van der Waals surface area contributed by atoms with E-state index < -0.39 is 0 Å². The molecule has 1 radical (unpaired) electrons. The summed E-state index contributed by atoms with van der Waals surface area (Å²) >= 11 is 0. The maximum Gasteiger partial charge on any atom is 0.127 e. The molecule has 0 aliphatic rings. The molecule has 3 aromatic rings. The fourth-order valence-corrected chi connectivity index (χ4v) is 1.89. The van der Waals surface area contributed by atoms with Crippen molar-refractivity contribution in [3.63, 3.8) is 0 Å². The molecule has 3 aromatic carbocycles. The Labute approximate surface area is 124 Å². The van der Waals surface area contributed by atoms with E-state index in [9.17, 15) is 0 Å². The highest BCUT2D eigenvalue weighted by atomic mass is 16.5. The minimum absolute atomic E-state index is 0.771. The zero-order valence-electron chi connectivity index (χ0n) is 11.5. The van der Waals surface area contributed by atoms with Crippen LogP contribution in [0, 0.1) is 6.92 Å². The molecule has 0 amide bonds. The third kappa shape index (κ3) is 3.63. The second-order valence-corrected chi connectivity index (χ2v) is 4.63. The lowest BCUT2D eigenvalue weighted by Crippen LogP contribution is -1.86. The van der Waals surface area contributed by atoms with Crippen molar-refractivity contribution in [2.75, 3.05) is 0 Å². The third-order valence-electron chi connectivity index (χ3n) is 2.96. The Morgan fingerprint density at radius 3 is 1.33 bits per heavy atom. The Kier molecular flexibility index (Phi) is 3.88. The van der Waals surface area contributed by atoms with Crippen molar-refractivity contribution in [3.8, 4) is 23.0 Å². The standard InChI is InChI=1S/C19H15O2/c1-15-7-9-17(10-8-15)21-19-13-11-18(12-14-19)20-16-5-3-2-4-6-16/h2-14H,1H2. The van der Waals surface area contributed by atoms with Crippen LogP contribution in [0.15, 0.2) is 78.9 Å². The topological polar surface area (TPSA) is 18.5 Å². The molecule has 0 atom stereocenters. The first-order chi connectivity index (χ1) is 10.3. The molecule has 2 nitrogen and oxygen atoms in total. The summed E-state index contributed by atoms with van der Waals surface area (Å²) in [6.45, 7) is 3.85. The van der Waals surface area contributed by atoms with Crippen LogP contribution in [0.1, 0.15) is 5.56 Å². The number of benzene rings is 3. The Morgan fingerprint density at radius 1 is 0.476 bits per heavy atom. The van der Waals surface area contributed by atoms with Gasteiger partial charge in [-0.3, -0.25) is 0 Å². The first-order valence-corrected chi connectivity index (χ1v) is 6.72. The molecule has 0 aliphatic heterocycles. The quantitative estimate of drug-likeness (QED) is 0.630. The molecule has 21 heavy (non-hydrogen) atoms. The Morgan fingerprint density at radius 2 is 0.857 bits per heavy atom. The van der Waals surface area contributed by atoms with E-state index in [-0.39, 0.29) is 0 Å². The summed E-state index contributed by atoms with van der Waals surface area (Å²) in [6, 6.07) is 24.9. The van der Waals surface area contributed by atoms with Crippen molar-refractivity contribution >= 4 is 0 Å². The first kappa shape index (κ1) is 13.3. The average molecular weight is 275 g/mol. The molecule has 0 spiro atoms. The highest BCUT2D eigenvalue weighted by Crippen LogP contribution is 2.26. The van der Waals surface area contributed by atoms with Crippen molar-refractivity contribution < 1.29 is 9.47 Å². The zero-order valence-corrected chi connectivity index (χ0v) is 11.5. The van der Waals surface area contributed by atoms with Crippen LogP contribution in [0.25, 0.3) is 0 Å². The molecule has 0 heterocycles. The van der Waals surface area contributed by atoms with E-state index in [0.717, 1.165) is 28.6 Å². The monoisotopic (exact) mass is 275 g/mol. The smallest absolute Gasteiger partial charge is 0.127 e. The Hall–Kier alpha value is -2.74. The van der Waals surface area contributed by atoms with Gasteiger partial charge in [0.25, 0.3) is 0 Å². The SMILES string of the molecule is [CH2]c1ccc(Oc2ccc(Oc3ccccc3)cc2)cc1. The molecular weight excluding hydrogens is 260 g/mol. The molecule has 0 aliphatic carbocycles. The van der Waals surface area contributed by atoms with Crippen LogP contribution in [0.3, 0.4) is 0 Å². The summed E-state index contributed by atoms with van der Waals surface area (Å²) in [5.41, 5.74) is 0.967. The number of ether oxygens (including phenoxy) is 2. The van der Waals surface area contributed by atoms with Gasteiger partial charge in [-0.1, -0.05) is 30.3 Å². The van der Waals surface area contributed by atoms with Crippen molar-refractivity contribution in [1.29, 1.82) is 0 Å². The molecule has 0 N–H and O–H groups in total. The molecular formula is C19H15O2. The van der Waals surface area contributed by atoms with E-state index in [0.29, 0.717) is 0 Å². The van der Waals surface area contributed by atoms with E-state index in [4.69, 9.17) is 9.47 Å². The van der Waals surface area contributed by atoms with Gasteiger partial charge in [0.2, 0.25) is 0 Å². The molecule has 3 rings (SSSR count). The fourth-order valence-electron chi connectivity index (χ4n) is 1.89. The van der Waals surface area contributed by atoms with Gasteiger partial charge < -0.3 is 9.47 Å². The van der Waals surface area contributed by atoms with Gasteiger partial charge in [-0.15, -0.1) is 0 Å². The van der Waals surface area contributed by atoms with Crippen molar-refractivity contribution in [2.45, 2.75) is 0 Å². The number of hydrogen-bond donors (Lipinski definition) is 0. The largest absolute Gasteiger partial charge is 0.457 e. The summed E-state index contributed by atoms with van der Waals surface area (Å²) in [4.78, 5) is 0. The molecule has 103 valence electrons. The van der Waals surface area contributed by atoms with Gasteiger partial charge in [-0.2, -0.15) is 0 Å². The minimum atomic E-state index is 0.771. The van der Waals surface area contributed by atoms with Crippen LogP contribution in [0.5, 0.6) is 23.0 Å². The van der Waals surface area contributed by atoms with E-state index in [2.05, 4.69) is 6.92 Å². The van der Waals surface area contributed by atoms with Crippen LogP contribution < -0.4 is 9.47 Å². The maximum atomic E-state index is 5.76. The number of hydrogen-bond acceptors (Lipinski definition) is 2. The van der Waals surface area contributed by atoms with Crippen molar-refractivity contribution in [1.82, 2.24) is 0 Å². The predicted octanol–water partition coefficient (Wildman–Crippen LogP) is 5.45.